The predicted molar refractivity (Wildman–Crippen MR) is 95.8 cm³/mol. The van der Waals surface area contributed by atoms with Crippen LogP contribution in [0, 0.1) is 0 Å². The molecule has 0 aromatic carbocycles. The van der Waals surface area contributed by atoms with Crippen LogP contribution in [0.4, 0.5) is 5.82 Å². The van der Waals surface area contributed by atoms with E-state index in [0.717, 1.165) is 23.6 Å². The summed E-state index contributed by atoms with van der Waals surface area (Å²) in [7, 11) is 0. The lowest BCUT2D eigenvalue weighted by Gasteiger charge is -2.16. The Kier molecular flexibility index (Phi) is 4.00. The molecule has 1 aliphatic heterocycles. The van der Waals surface area contributed by atoms with E-state index in [1.807, 2.05) is 28.9 Å². The fraction of sp³-hybridized carbons (Fsp3) is 0.222. The number of Topliss-reactive ketones (excluding diaryl/α,β-unsaturated/α-hetero) is 1. The van der Waals surface area contributed by atoms with E-state index in [1.54, 1.807) is 6.20 Å². The van der Waals surface area contributed by atoms with Crippen molar-refractivity contribution in [1.82, 2.24) is 19.4 Å². The van der Waals surface area contributed by atoms with Crippen molar-refractivity contribution in [1.29, 1.82) is 0 Å². The predicted octanol–water partition coefficient (Wildman–Crippen LogP) is 1.82. The molecule has 1 aliphatic rings. The largest absolute Gasteiger partial charge is 0.349 e. The number of hydrogen-bond donors (Lipinski definition) is 0. The van der Waals surface area contributed by atoms with E-state index < -0.39 is 5.91 Å². The lowest BCUT2D eigenvalue weighted by Crippen LogP contribution is -2.21. The number of anilines is 1. The van der Waals surface area contributed by atoms with Gasteiger partial charge >= 0.3 is 5.91 Å². The third-order valence-electron chi connectivity index (χ3n) is 4.28. The Morgan fingerprint density at radius 2 is 1.96 bits per heavy atom. The van der Waals surface area contributed by atoms with Gasteiger partial charge in [0.25, 0.3) is 0 Å². The molecule has 3 aromatic heterocycles. The standard InChI is InChI=1S/C18H16N6O2/c1-12(25)13-9-20-16(21-10-13)18(26)22-14-4-7-24(11-14)17-15-3-2-6-23(15)8-5-19-17/h2-3,5-6,8-10H,4,7,11H2,1H3. The van der Waals surface area contributed by atoms with E-state index in [0.29, 0.717) is 18.5 Å². The smallest absolute Gasteiger partial charge is 0.314 e. The summed E-state index contributed by atoms with van der Waals surface area (Å²) in [6.45, 7) is 2.70. The molecule has 0 saturated carbocycles. The SMILES string of the molecule is CC(=O)c1cnc(C(=O)N=C2CCN(c3nccn4cccc34)C2)nc1. The number of nitrogens with zero attached hydrogens (tertiary/aromatic N) is 6. The van der Waals surface area contributed by atoms with Gasteiger partial charge < -0.3 is 9.30 Å². The molecule has 0 N–H and O–H groups in total. The van der Waals surface area contributed by atoms with Gasteiger partial charge in [-0.05, 0) is 19.1 Å². The Morgan fingerprint density at radius 3 is 2.73 bits per heavy atom. The first kappa shape index (κ1) is 16.1. The van der Waals surface area contributed by atoms with E-state index >= 15 is 0 Å². The molecule has 1 fully saturated rings. The Morgan fingerprint density at radius 1 is 1.15 bits per heavy atom. The molecule has 8 heteroatoms. The zero-order chi connectivity index (χ0) is 18.1. The molecule has 0 bridgehead atoms. The molecule has 130 valence electrons. The van der Waals surface area contributed by atoms with E-state index in [9.17, 15) is 9.59 Å². The van der Waals surface area contributed by atoms with Crippen molar-refractivity contribution in [2.45, 2.75) is 13.3 Å². The Labute approximate surface area is 149 Å². The van der Waals surface area contributed by atoms with E-state index in [4.69, 9.17) is 0 Å². The van der Waals surface area contributed by atoms with Gasteiger partial charge in [0.15, 0.2) is 11.6 Å². The Hall–Kier alpha value is -3.42. The molecule has 1 saturated heterocycles. The summed E-state index contributed by atoms with van der Waals surface area (Å²) in [5.41, 5.74) is 2.15. The van der Waals surface area contributed by atoms with Crippen LogP contribution in [0.15, 0.2) is 48.1 Å². The van der Waals surface area contributed by atoms with Crippen LogP contribution in [0.1, 0.15) is 34.3 Å². The van der Waals surface area contributed by atoms with Crippen LogP contribution < -0.4 is 4.90 Å². The van der Waals surface area contributed by atoms with Crippen molar-refractivity contribution >= 4 is 28.7 Å². The van der Waals surface area contributed by atoms with Gasteiger partial charge in [0.05, 0.1) is 17.6 Å². The van der Waals surface area contributed by atoms with Crippen LogP contribution in [-0.2, 0) is 0 Å². The molecule has 0 spiro atoms. The quantitative estimate of drug-likeness (QED) is 0.670. The summed E-state index contributed by atoms with van der Waals surface area (Å²) < 4.78 is 2.01. The number of aromatic nitrogens is 4. The van der Waals surface area contributed by atoms with E-state index in [1.165, 1.54) is 19.3 Å². The topological polar surface area (TPSA) is 92.8 Å². The van der Waals surface area contributed by atoms with Crippen LogP contribution in [0.2, 0.25) is 0 Å². The average Bonchev–Trinajstić information content (AvgIpc) is 3.30. The summed E-state index contributed by atoms with van der Waals surface area (Å²) in [5, 5.41) is 0. The molecule has 0 aliphatic carbocycles. The molecule has 4 heterocycles. The molecule has 8 nitrogen and oxygen atoms in total. The molecule has 0 unspecified atom stereocenters. The van der Waals surface area contributed by atoms with Crippen LogP contribution in [-0.4, -0.2) is 49.8 Å². The van der Waals surface area contributed by atoms with Crippen LogP contribution in [0.5, 0.6) is 0 Å². The van der Waals surface area contributed by atoms with Gasteiger partial charge in [0, 0.05) is 49.7 Å². The fourth-order valence-electron chi connectivity index (χ4n) is 2.93. The first-order valence-electron chi connectivity index (χ1n) is 8.22. The number of hydrogen-bond acceptors (Lipinski definition) is 6. The van der Waals surface area contributed by atoms with Crippen molar-refractivity contribution in [2.24, 2.45) is 4.99 Å². The minimum absolute atomic E-state index is 0.00670. The maximum atomic E-state index is 12.3. The van der Waals surface area contributed by atoms with Crippen LogP contribution in [0.25, 0.3) is 5.52 Å². The highest BCUT2D eigenvalue weighted by atomic mass is 16.1. The number of fused-ring (bicyclic) bond motifs is 1. The zero-order valence-corrected chi connectivity index (χ0v) is 14.2. The summed E-state index contributed by atoms with van der Waals surface area (Å²) in [5.74, 6) is 0.226. The lowest BCUT2D eigenvalue weighted by atomic mass is 10.2. The zero-order valence-electron chi connectivity index (χ0n) is 14.2. The second kappa shape index (κ2) is 6.47. The second-order valence-corrected chi connectivity index (χ2v) is 6.06. The van der Waals surface area contributed by atoms with Gasteiger partial charge in [-0.15, -0.1) is 0 Å². The highest BCUT2D eigenvalue weighted by molar-refractivity contribution is 6.05. The molecule has 4 rings (SSSR count). The molecule has 3 aromatic rings. The van der Waals surface area contributed by atoms with E-state index in [-0.39, 0.29) is 11.6 Å². The molecular weight excluding hydrogens is 332 g/mol. The molecular formula is C18H16N6O2. The van der Waals surface area contributed by atoms with Crippen molar-refractivity contribution in [3.05, 3.63) is 54.5 Å². The number of carbonyl (C=O) groups excluding carboxylic acids is 2. The Balaban J connectivity index is 1.52. The lowest BCUT2D eigenvalue weighted by molar-refractivity contribution is 0.0985. The van der Waals surface area contributed by atoms with E-state index in [2.05, 4.69) is 24.8 Å². The van der Waals surface area contributed by atoms with Gasteiger partial charge in [0.1, 0.15) is 0 Å². The number of ketones is 1. The van der Waals surface area contributed by atoms with Crippen LogP contribution >= 0.6 is 0 Å². The Bertz CT molecular complexity index is 1020. The van der Waals surface area contributed by atoms with Gasteiger partial charge in [-0.25, -0.2) is 19.9 Å². The summed E-state index contributed by atoms with van der Waals surface area (Å²) in [4.78, 5) is 42.1. The molecule has 1 amide bonds. The van der Waals surface area contributed by atoms with Gasteiger partial charge in [0.2, 0.25) is 5.82 Å². The summed E-state index contributed by atoms with van der Waals surface area (Å²) >= 11 is 0. The molecule has 0 atom stereocenters. The van der Waals surface area contributed by atoms with Crippen molar-refractivity contribution < 1.29 is 9.59 Å². The normalized spacial score (nSPS) is 15.7. The second-order valence-electron chi connectivity index (χ2n) is 6.06. The average molecular weight is 348 g/mol. The summed E-state index contributed by atoms with van der Waals surface area (Å²) in [6.07, 6.45) is 9.00. The molecule has 0 radical (unpaired) electrons. The number of aliphatic imine (C=N–C) groups is 1. The number of amides is 1. The molecule has 26 heavy (non-hydrogen) atoms. The van der Waals surface area contributed by atoms with Crippen LogP contribution in [0.3, 0.4) is 0 Å². The van der Waals surface area contributed by atoms with Gasteiger partial charge in [-0.1, -0.05) is 0 Å². The van der Waals surface area contributed by atoms with Gasteiger partial charge in [-0.2, -0.15) is 0 Å². The monoisotopic (exact) mass is 348 g/mol. The number of rotatable bonds is 3. The third kappa shape index (κ3) is 2.97. The third-order valence-corrected chi connectivity index (χ3v) is 4.28. The summed E-state index contributed by atoms with van der Waals surface area (Å²) in [6, 6.07) is 3.98. The van der Waals surface area contributed by atoms with Crippen molar-refractivity contribution in [3.63, 3.8) is 0 Å². The highest BCUT2D eigenvalue weighted by Gasteiger charge is 2.22. The minimum Gasteiger partial charge on any atom is -0.349 e. The van der Waals surface area contributed by atoms with Gasteiger partial charge in [-0.3, -0.25) is 9.59 Å². The minimum atomic E-state index is -0.495. The van der Waals surface area contributed by atoms with Crippen molar-refractivity contribution in [3.8, 4) is 0 Å². The fourth-order valence-corrected chi connectivity index (χ4v) is 2.93. The maximum Gasteiger partial charge on any atom is 0.314 e. The number of carbonyl (C=O) groups is 2. The highest BCUT2D eigenvalue weighted by Crippen LogP contribution is 2.22. The first-order valence-corrected chi connectivity index (χ1v) is 8.22. The maximum absolute atomic E-state index is 12.3. The first-order chi connectivity index (χ1) is 12.6. The van der Waals surface area contributed by atoms with Crippen molar-refractivity contribution in [2.75, 3.05) is 18.0 Å².